The van der Waals surface area contributed by atoms with Crippen molar-refractivity contribution in [3.05, 3.63) is 35.9 Å². The summed E-state index contributed by atoms with van der Waals surface area (Å²) in [4.78, 5) is 14.7. The fraction of sp³-hybridized carbons (Fsp3) is 0.588. The minimum absolute atomic E-state index is 0.0243. The molecule has 2 rings (SSSR count). The molecule has 4 nitrogen and oxygen atoms in total. The average Bonchev–Trinajstić information content (AvgIpc) is 2.47. The van der Waals surface area contributed by atoms with Gasteiger partial charge >= 0.3 is 0 Å². The number of nitrogens with zero attached hydrogens (tertiary/aromatic N) is 1. The molecule has 2 unspecified atom stereocenters. The Bertz CT molecular complexity index is 473. The van der Waals surface area contributed by atoms with E-state index in [1.807, 2.05) is 37.1 Å². The van der Waals surface area contributed by atoms with Crippen LogP contribution in [0.5, 0.6) is 0 Å². The van der Waals surface area contributed by atoms with Crippen molar-refractivity contribution in [3.8, 4) is 0 Å². The normalized spacial score (nSPS) is 22.9. The number of amides is 1. The van der Waals surface area contributed by atoms with Gasteiger partial charge in [0.1, 0.15) is 6.10 Å². The lowest BCUT2D eigenvalue weighted by atomic mass is 9.96. The molecule has 1 amide bonds. The molecule has 1 aromatic carbocycles. The molecule has 0 spiro atoms. The maximum atomic E-state index is 12.7. The topological polar surface area (TPSA) is 41.6 Å². The summed E-state index contributed by atoms with van der Waals surface area (Å²) in [6, 6.07) is 10.1. The van der Waals surface area contributed by atoms with Gasteiger partial charge in [0.2, 0.25) is 5.91 Å². The Morgan fingerprint density at radius 3 is 2.71 bits per heavy atom. The van der Waals surface area contributed by atoms with Crippen LogP contribution in [0, 0.1) is 5.92 Å². The van der Waals surface area contributed by atoms with Crippen molar-refractivity contribution in [1.82, 2.24) is 10.2 Å². The van der Waals surface area contributed by atoms with Gasteiger partial charge < -0.3 is 15.0 Å². The molecular weight excluding hydrogens is 264 g/mol. The number of carbonyl (C=O) groups is 1. The van der Waals surface area contributed by atoms with Crippen molar-refractivity contribution in [2.24, 2.45) is 5.92 Å². The Labute approximate surface area is 127 Å². The zero-order chi connectivity index (χ0) is 15.5. The number of hydrogen-bond acceptors (Lipinski definition) is 3. The van der Waals surface area contributed by atoms with Gasteiger partial charge in [-0.3, -0.25) is 4.79 Å². The molecule has 1 aromatic rings. The quantitative estimate of drug-likeness (QED) is 0.924. The lowest BCUT2D eigenvalue weighted by Gasteiger charge is -2.46. The first-order valence-electron chi connectivity index (χ1n) is 7.58. The Balaban J connectivity index is 2.15. The van der Waals surface area contributed by atoms with Crippen molar-refractivity contribution in [2.45, 2.75) is 32.4 Å². The predicted molar refractivity (Wildman–Crippen MR) is 84.0 cm³/mol. The second-order valence-electron chi connectivity index (χ2n) is 6.43. The van der Waals surface area contributed by atoms with E-state index in [1.165, 1.54) is 0 Å². The standard InChI is InChI=1S/C17H26N2O2/c1-13(10-18-4)16(20)19-11-15(21-12-17(19,2)3)14-8-6-5-7-9-14/h5-9,13,15,18H,10-12H2,1-4H3. The fourth-order valence-corrected chi connectivity index (χ4v) is 2.77. The number of nitrogens with one attached hydrogen (secondary N) is 1. The highest BCUT2D eigenvalue weighted by Gasteiger charge is 2.39. The number of carbonyl (C=O) groups excluding carboxylic acids is 1. The third-order valence-corrected chi connectivity index (χ3v) is 4.09. The average molecular weight is 290 g/mol. The smallest absolute Gasteiger partial charge is 0.227 e. The van der Waals surface area contributed by atoms with Crippen LogP contribution >= 0.6 is 0 Å². The lowest BCUT2D eigenvalue weighted by molar-refractivity contribution is -0.158. The van der Waals surface area contributed by atoms with Gasteiger partial charge in [-0.1, -0.05) is 37.3 Å². The third kappa shape index (κ3) is 3.63. The molecule has 1 fully saturated rings. The van der Waals surface area contributed by atoms with Crippen molar-refractivity contribution >= 4 is 5.91 Å². The zero-order valence-corrected chi connectivity index (χ0v) is 13.4. The molecule has 1 aliphatic heterocycles. The summed E-state index contributed by atoms with van der Waals surface area (Å²) in [6.45, 7) is 7.98. The molecule has 0 aliphatic carbocycles. The summed E-state index contributed by atoms with van der Waals surface area (Å²) in [6.07, 6.45) is -0.0371. The van der Waals surface area contributed by atoms with Crippen molar-refractivity contribution in [2.75, 3.05) is 26.7 Å². The maximum Gasteiger partial charge on any atom is 0.227 e. The summed E-state index contributed by atoms with van der Waals surface area (Å²) < 4.78 is 5.99. The largest absolute Gasteiger partial charge is 0.369 e. The monoisotopic (exact) mass is 290 g/mol. The predicted octanol–water partition coefficient (Wildman–Crippen LogP) is 2.22. The van der Waals surface area contributed by atoms with Gasteiger partial charge in [-0.15, -0.1) is 0 Å². The molecule has 0 saturated carbocycles. The maximum absolute atomic E-state index is 12.7. The van der Waals surface area contributed by atoms with Gasteiger partial charge in [-0.25, -0.2) is 0 Å². The van der Waals surface area contributed by atoms with Crippen molar-refractivity contribution in [3.63, 3.8) is 0 Å². The highest BCUT2D eigenvalue weighted by Crippen LogP contribution is 2.31. The van der Waals surface area contributed by atoms with Crippen LogP contribution < -0.4 is 5.32 Å². The van der Waals surface area contributed by atoms with Crippen LogP contribution in [0.2, 0.25) is 0 Å². The van der Waals surface area contributed by atoms with Crippen LogP contribution in [-0.4, -0.2) is 43.1 Å². The third-order valence-electron chi connectivity index (χ3n) is 4.09. The highest BCUT2D eigenvalue weighted by molar-refractivity contribution is 5.79. The van der Waals surface area contributed by atoms with E-state index in [9.17, 15) is 4.79 Å². The minimum Gasteiger partial charge on any atom is -0.369 e. The summed E-state index contributed by atoms with van der Waals surface area (Å²) in [5, 5.41) is 3.08. The minimum atomic E-state index is -0.260. The molecule has 21 heavy (non-hydrogen) atoms. The number of hydrogen-bond donors (Lipinski definition) is 1. The number of morpholine rings is 1. The first-order valence-corrected chi connectivity index (χ1v) is 7.58. The molecule has 116 valence electrons. The summed E-state index contributed by atoms with van der Waals surface area (Å²) >= 11 is 0. The van der Waals surface area contributed by atoms with Gasteiger partial charge in [0.25, 0.3) is 0 Å². The van der Waals surface area contributed by atoms with Gasteiger partial charge in [0, 0.05) is 12.5 Å². The molecule has 1 N–H and O–H groups in total. The first-order chi connectivity index (χ1) is 9.95. The van der Waals surface area contributed by atoms with Crippen LogP contribution in [0.4, 0.5) is 0 Å². The van der Waals surface area contributed by atoms with E-state index in [4.69, 9.17) is 4.74 Å². The second kappa shape index (κ2) is 6.58. The van der Waals surface area contributed by atoms with Crippen LogP contribution in [-0.2, 0) is 9.53 Å². The van der Waals surface area contributed by atoms with Crippen molar-refractivity contribution in [1.29, 1.82) is 0 Å². The molecule has 2 atom stereocenters. The summed E-state index contributed by atoms with van der Waals surface area (Å²) in [5.41, 5.74) is 0.872. The Hall–Kier alpha value is -1.39. The summed E-state index contributed by atoms with van der Waals surface area (Å²) in [7, 11) is 1.88. The van der Waals surface area contributed by atoms with E-state index in [-0.39, 0.29) is 23.5 Å². The number of ether oxygens (including phenoxy) is 1. The highest BCUT2D eigenvalue weighted by atomic mass is 16.5. The molecule has 0 bridgehead atoms. The summed E-state index contributed by atoms with van der Waals surface area (Å²) in [5.74, 6) is 0.169. The molecule has 0 radical (unpaired) electrons. The van der Waals surface area contributed by atoms with Gasteiger partial charge in [-0.2, -0.15) is 0 Å². The van der Waals surface area contributed by atoms with Gasteiger partial charge in [0.05, 0.1) is 18.7 Å². The van der Waals surface area contributed by atoms with E-state index >= 15 is 0 Å². The van der Waals surface area contributed by atoms with Crippen LogP contribution in [0.15, 0.2) is 30.3 Å². The Kier molecular flexibility index (Phi) is 5.01. The van der Waals surface area contributed by atoms with E-state index in [1.54, 1.807) is 0 Å². The molecule has 1 saturated heterocycles. The van der Waals surface area contributed by atoms with Gasteiger partial charge in [-0.05, 0) is 26.5 Å². The van der Waals surface area contributed by atoms with E-state index in [2.05, 4.69) is 31.3 Å². The fourth-order valence-electron chi connectivity index (χ4n) is 2.77. The molecule has 1 heterocycles. The zero-order valence-electron chi connectivity index (χ0n) is 13.4. The van der Waals surface area contributed by atoms with Crippen LogP contribution in [0.1, 0.15) is 32.4 Å². The SMILES string of the molecule is CNCC(C)C(=O)N1CC(c2ccccc2)OCC1(C)C. The van der Waals surface area contributed by atoms with Crippen LogP contribution in [0.25, 0.3) is 0 Å². The molecular formula is C17H26N2O2. The van der Waals surface area contributed by atoms with E-state index in [0.717, 1.165) is 5.56 Å². The van der Waals surface area contributed by atoms with Crippen molar-refractivity contribution < 1.29 is 9.53 Å². The van der Waals surface area contributed by atoms with Gasteiger partial charge in [0.15, 0.2) is 0 Å². The second-order valence-corrected chi connectivity index (χ2v) is 6.43. The Morgan fingerprint density at radius 2 is 2.10 bits per heavy atom. The molecule has 4 heteroatoms. The Morgan fingerprint density at radius 1 is 1.43 bits per heavy atom. The number of rotatable bonds is 4. The number of benzene rings is 1. The molecule has 1 aliphatic rings. The lowest BCUT2D eigenvalue weighted by Crippen LogP contribution is -2.58. The van der Waals surface area contributed by atoms with Crippen LogP contribution in [0.3, 0.4) is 0 Å². The van der Waals surface area contributed by atoms with E-state index < -0.39 is 0 Å². The molecule has 0 aromatic heterocycles. The first kappa shape index (κ1) is 16.0. The van der Waals surface area contributed by atoms with E-state index in [0.29, 0.717) is 19.7 Å².